The Labute approximate surface area is 132 Å². The van der Waals surface area contributed by atoms with Gasteiger partial charge in [0, 0.05) is 24.2 Å². The predicted molar refractivity (Wildman–Crippen MR) is 81.0 cm³/mol. The smallest absolute Gasteiger partial charge is 0.234 e. The molecular weight excluding hydrogens is 305 g/mol. The molecule has 2 N–H and O–H groups in total. The van der Waals surface area contributed by atoms with E-state index in [1.807, 2.05) is 0 Å². The molecule has 6 heteroatoms. The molecule has 0 spiro atoms. The van der Waals surface area contributed by atoms with Gasteiger partial charge in [-0.15, -0.1) is 0 Å². The lowest BCUT2D eigenvalue weighted by atomic mass is 10.1. The predicted octanol–water partition coefficient (Wildman–Crippen LogP) is 3.07. The molecule has 122 valence electrons. The van der Waals surface area contributed by atoms with Crippen LogP contribution in [0.25, 0.3) is 0 Å². The van der Waals surface area contributed by atoms with E-state index < -0.39 is 17.7 Å². The Balaban J connectivity index is 1.80. The molecule has 0 fully saturated rings. The molecule has 0 unspecified atom stereocenters. The maximum Gasteiger partial charge on any atom is 0.234 e. The van der Waals surface area contributed by atoms with Crippen LogP contribution in [-0.4, -0.2) is 12.5 Å². The average molecular weight is 322 g/mol. The summed E-state index contributed by atoms with van der Waals surface area (Å²) in [5.41, 5.74) is 1.06. The van der Waals surface area contributed by atoms with E-state index in [9.17, 15) is 18.0 Å². The molecule has 1 atom stereocenters. The molecule has 2 aromatic carbocycles. The summed E-state index contributed by atoms with van der Waals surface area (Å²) < 4.78 is 39.2. The van der Waals surface area contributed by atoms with E-state index in [-0.39, 0.29) is 30.4 Å². The summed E-state index contributed by atoms with van der Waals surface area (Å²) in [5, 5.41) is 5.54. The van der Waals surface area contributed by atoms with Crippen LogP contribution in [0, 0.1) is 17.5 Å². The Bertz CT molecular complexity index is 674. The fourth-order valence-electron chi connectivity index (χ4n) is 2.07. The minimum Gasteiger partial charge on any atom is -0.351 e. The van der Waals surface area contributed by atoms with E-state index >= 15 is 0 Å². The number of benzene rings is 2. The van der Waals surface area contributed by atoms with Gasteiger partial charge in [0.25, 0.3) is 0 Å². The van der Waals surface area contributed by atoms with Crippen molar-refractivity contribution < 1.29 is 18.0 Å². The second-order valence-corrected chi connectivity index (χ2v) is 5.17. The van der Waals surface area contributed by atoms with E-state index in [0.717, 1.165) is 11.6 Å². The topological polar surface area (TPSA) is 41.1 Å². The number of nitrogens with one attached hydrogen (secondary N) is 2. The molecule has 2 rings (SSSR count). The number of halogens is 3. The van der Waals surface area contributed by atoms with E-state index in [4.69, 9.17) is 0 Å². The largest absolute Gasteiger partial charge is 0.351 e. The molecule has 0 saturated carbocycles. The van der Waals surface area contributed by atoms with Crippen molar-refractivity contribution in [1.82, 2.24) is 10.6 Å². The van der Waals surface area contributed by atoms with Crippen LogP contribution in [0.2, 0.25) is 0 Å². The van der Waals surface area contributed by atoms with Crippen molar-refractivity contribution >= 4 is 5.91 Å². The molecule has 0 aliphatic heterocycles. The van der Waals surface area contributed by atoms with Gasteiger partial charge in [-0.25, -0.2) is 13.2 Å². The van der Waals surface area contributed by atoms with Crippen LogP contribution in [0.15, 0.2) is 42.5 Å². The Morgan fingerprint density at radius 3 is 2.35 bits per heavy atom. The first-order valence-electron chi connectivity index (χ1n) is 7.15. The molecule has 0 aromatic heterocycles. The zero-order valence-corrected chi connectivity index (χ0v) is 12.6. The fraction of sp³-hybridized carbons (Fsp3) is 0.235. The lowest BCUT2D eigenvalue weighted by molar-refractivity contribution is -0.120. The highest BCUT2D eigenvalue weighted by molar-refractivity contribution is 5.78. The first kappa shape index (κ1) is 17.0. The van der Waals surface area contributed by atoms with E-state index in [2.05, 4.69) is 10.6 Å². The third-order valence-electron chi connectivity index (χ3n) is 3.40. The number of carbonyl (C=O) groups is 1. The summed E-state index contributed by atoms with van der Waals surface area (Å²) in [6.45, 7) is 1.95. The molecule has 2 aromatic rings. The summed E-state index contributed by atoms with van der Waals surface area (Å²) >= 11 is 0. The van der Waals surface area contributed by atoms with Crippen molar-refractivity contribution in [2.75, 3.05) is 6.54 Å². The fourth-order valence-corrected chi connectivity index (χ4v) is 2.07. The SMILES string of the molecule is C[C@H](NCC(=O)NCc1ccc(F)cc1)c1ccc(F)cc1F. The highest BCUT2D eigenvalue weighted by Gasteiger charge is 2.12. The first-order chi connectivity index (χ1) is 11.0. The maximum absolute atomic E-state index is 13.6. The number of rotatable bonds is 6. The minimum absolute atomic E-state index is 0.0147. The van der Waals surface area contributed by atoms with Gasteiger partial charge >= 0.3 is 0 Å². The Hall–Kier alpha value is -2.34. The summed E-state index contributed by atoms with van der Waals surface area (Å²) in [4.78, 5) is 11.8. The number of hydrogen-bond acceptors (Lipinski definition) is 2. The first-order valence-corrected chi connectivity index (χ1v) is 7.15. The lowest BCUT2D eigenvalue weighted by Crippen LogP contribution is -2.34. The second kappa shape index (κ2) is 7.78. The Morgan fingerprint density at radius 1 is 1.04 bits per heavy atom. The average Bonchev–Trinajstić information content (AvgIpc) is 2.52. The summed E-state index contributed by atoms with van der Waals surface area (Å²) in [7, 11) is 0. The van der Waals surface area contributed by atoms with Crippen molar-refractivity contribution in [3.8, 4) is 0 Å². The minimum atomic E-state index is -0.656. The second-order valence-electron chi connectivity index (χ2n) is 5.17. The van der Waals surface area contributed by atoms with E-state index in [1.54, 1.807) is 19.1 Å². The van der Waals surface area contributed by atoms with Crippen molar-refractivity contribution in [3.05, 3.63) is 71.0 Å². The molecule has 0 radical (unpaired) electrons. The van der Waals surface area contributed by atoms with Crippen molar-refractivity contribution in [2.45, 2.75) is 19.5 Å². The molecule has 0 saturated heterocycles. The molecular formula is C17H17F3N2O. The highest BCUT2D eigenvalue weighted by atomic mass is 19.1. The monoisotopic (exact) mass is 322 g/mol. The molecule has 1 amide bonds. The summed E-state index contributed by atoms with van der Waals surface area (Å²) in [5.74, 6) is -1.91. The van der Waals surface area contributed by atoms with Crippen molar-refractivity contribution in [1.29, 1.82) is 0 Å². The van der Waals surface area contributed by atoms with Gasteiger partial charge in [-0.1, -0.05) is 18.2 Å². The van der Waals surface area contributed by atoms with Gasteiger partial charge < -0.3 is 10.6 Å². The lowest BCUT2D eigenvalue weighted by Gasteiger charge is -2.15. The molecule has 3 nitrogen and oxygen atoms in total. The number of hydrogen-bond donors (Lipinski definition) is 2. The van der Waals surface area contributed by atoms with Crippen molar-refractivity contribution in [2.24, 2.45) is 0 Å². The third-order valence-corrected chi connectivity index (χ3v) is 3.40. The van der Waals surface area contributed by atoms with Gasteiger partial charge in [-0.3, -0.25) is 4.79 Å². The highest BCUT2D eigenvalue weighted by Crippen LogP contribution is 2.17. The Kier molecular flexibility index (Phi) is 5.76. The quantitative estimate of drug-likeness (QED) is 0.858. The number of amides is 1. The molecule has 0 bridgehead atoms. The van der Waals surface area contributed by atoms with E-state index in [0.29, 0.717) is 0 Å². The Morgan fingerprint density at radius 2 is 1.70 bits per heavy atom. The van der Waals surface area contributed by atoms with Crippen LogP contribution in [0.5, 0.6) is 0 Å². The van der Waals surface area contributed by atoms with Gasteiger partial charge in [0.2, 0.25) is 5.91 Å². The van der Waals surface area contributed by atoms with Crippen LogP contribution >= 0.6 is 0 Å². The van der Waals surface area contributed by atoms with Gasteiger partial charge in [0.15, 0.2) is 0 Å². The maximum atomic E-state index is 13.6. The zero-order valence-electron chi connectivity index (χ0n) is 12.6. The third kappa shape index (κ3) is 5.10. The van der Waals surface area contributed by atoms with Crippen molar-refractivity contribution in [3.63, 3.8) is 0 Å². The van der Waals surface area contributed by atoms with Gasteiger partial charge in [-0.05, 0) is 30.7 Å². The van der Waals surface area contributed by atoms with Crippen LogP contribution < -0.4 is 10.6 Å². The van der Waals surface area contributed by atoms with Crippen LogP contribution in [-0.2, 0) is 11.3 Å². The van der Waals surface area contributed by atoms with Crippen LogP contribution in [0.4, 0.5) is 13.2 Å². The zero-order chi connectivity index (χ0) is 16.8. The number of carbonyl (C=O) groups excluding carboxylic acids is 1. The summed E-state index contributed by atoms with van der Waals surface area (Å²) in [6.07, 6.45) is 0. The standard InChI is InChI=1S/C17H17F3N2O/c1-11(15-7-6-14(19)8-16(15)20)21-10-17(23)22-9-12-2-4-13(18)5-3-12/h2-8,11,21H,9-10H2,1H3,(H,22,23)/t11-/m0/s1. The van der Waals surface area contributed by atoms with Gasteiger partial charge in [0.05, 0.1) is 6.54 Å². The molecule has 0 aliphatic rings. The van der Waals surface area contributed by atoms with E-state index in [1.165, 1.54) is 24.3 Å². The van der Waals surface area contributed by atoms with Gasteiger partial charge in [0.1, 0.15) is 17.5 Å². The van der Waals surface area contributed by atoms with Crippen LogP contribution in [0.3, 0.4) is 0 Å². The molecule has 0 heterocycles. The molecule has 0 aliphatic carbocycles. The summed E-state index contributed by atoms with van der Waals surface area (Å²) in [6, 6.07) is 8.69. The van der Waals surface area contributed by atoms with Crippen LogP contribution in [0.1, 0.15) is 24.1 Å². The normalized spacial score (nSPS) is 12.0. The van der Waals surface area contributed by atoms with Gasteiger partial charge in [-0.2, -0.15) is 0 Å². The molecule has 23 heavy (non-hydrogen) atoms.